The lowest BCUT2D eigenvalue weighted by atomic mass is 10.3. The lowest BCUT2D eigenvalue weighted by molar-refractivity contribution is -0.117. The molecule has 2 N–H and O–H groups in total. The maximum atomic E-state index is 11.3. The fourth-order valence-electron chi connectivity index (χ4n) is 0.909. The van der Waals surface area contributed by atoms with Gasteiger partial charge in [-0.25, -0.2) is 0 Å². The van der Waals surface area contributed by atoms with E-state index in [0.717, 1.165) is 6.42 Å². The topological polar surface area (TPSA) is 74.1 Å². The average molecular weight is 211 g/mol. The summed E-state index contributed by atoms with van der Waals surface area (Å²) in [5.41, 5.74) is 0.0777. The van der Waals surface area contributed by atoms with Gasteiger partial charge in [0.15, 0.2) is 0 Å². The third-order valence-corrected chi connectivity index (χ3v) is 1.61. The van der Waals surface area contributed by atoms with Crippen LogP contribution in [0.4, 0.5) is 0 Å². The van der Waals surface area contributed by atoms with Gasteiger partial charge >= 0.3 is 0 Å². The molecule has 0 atom stereocenters. The molecule has 0 saturated heterocycles. The summed E-state index contributed by atoms with van der Waals surface area (Å²) in [6.07, 6.45) is 2.12. The zero-order valence-electron chi connectivity index (χ0n) is 9.17. The number of hydrogen-bond donors (Lipinski definition) is 2. The molecule has 0 aromatic carbocycles. The van der Waals surface area contributed by atoms with E-state index >= 15 is 0 Å². The molecule has 0 aliphatic heterocycles. The first-order valence-corrected chi connectivity index (χ1v) is 4.89. The Morgan fingerprint density at radius 3 is 2.87 bits per heavy atom. The Morgan fingerprint density at radius 1 is 1.60 bits per heavy atom. The number of nitrogens with one attached hydrogen (secondary N) is 2. The summed E-state index contributed by atoms with van der Waals surface area (Å²) in [4.78, 5) is 11.3. The molecule has 15 heavy (non-hydrogen) atoms. The number of rotatable bonds is 7. The first kappa shape index (κ1) is 13.5. The van der Waals surface area contributed by atoms with Gasteiger partial charge in [0, 0.05) is 33.0 Å². The minimum Gasteiger partial charge on any atom is -0.393 e. The first-order valence-electron chi connectivity index (χ1n) is 4.89. The number of amides is 1. The summed E-state index contributed by atoms with van der Waals surface area (Å²) in [6, 6.07) is 1.81. The van der Waals surface area contributed by atoms with E-state index in [-0.39, 0.29) is 11.5 Å². The molecule has 0 saturated carbocycles. The van der Waals surface area contributed by atoms with Gasteiger partial charge in [-0.3, -0.25) is 4.79 Å². The van der Waals surface area contributed by atoms with Crippen LogP contribution in [-0.4, -0.2) is 32.7 Å². The third kappa shape index (κ3) is 6.52. The second-order valence-electron chi connectivity index (χ2n) is 2.76. The van der Waals surface area contributed by atoms with E-state index in [1.807, 2.05) is 13.0 Å². The Labute approximate surface area is 90.1 Å². The highest BCUT2D eigenvalue weighted by molar-refractivity contribution is 5.97. The first-order chi connectivity index (χ1) is 7.26. The molecule has 0 rings (SSSR count). The lowest BCUT2D eigenvalue weighted by Gasteiger charge is -2.04. The van der Waals surface area contributed by atoms with Crippen molar-refractivity contribution < 1.29 is 9.53 Å². The second-order valence-corrected chi connectivity index (χ2v) is 2.76. The van der Waals surface area contributed by atoms with Crippen LogP contribution in [0.15, 0.2) is 11.8 Å². The van der Waals surface area contributed by atoms with Gasteiger partial charge in [-0.15, -0.1) is 0 Å². The molecule has 5 nitrogen and oxygen atoms in total. The van der Waals surface area contributed by atoms with E-state index in [1.165, 1.54) is 6.20 Å². The van der Waals surface area contributed by atoms with Crippen molar-refractivity contribution in [1.29, 1.82) is 5.26 Å². The van der Waals surface area contributed by atoms with Crippen molar-refractivity contribution in [2.45, 2.75) is 13.3 Å². The molecule has 0 spiro atoms. The molecule has 0 aliphatic rings. The summed E-state index contributed by atoms with van der Waals surface area (Å²) >= 11 is 0. The normalized spacial score (nSPS) is 10.6. The van der Waals surface area contributed by atoms with Gasteiger partial charge in [0.25, 0.3) is 5.91 Å². The molecule has 0 aliphatic carbocycles. The average Bonchev–Trinajstić information content (AvgIpc) is 2.25. The van der Waals surface area contributed by atoms with Crippen molar-refractivity contribution in [3.8, 4) is 6.07 Å². The van der Waals surface area contributed by atoms with Gasteiger partial charge in [-0.2, -0.15) is 5.26 Å². The Hall–Kier alpha value is -1.54. The molecule has 0 heterocycles. The maximum absolute atomic E-state index is 11.3. The Balaban J connectivity index is 3.74. The number of nitriles is 1. The van der Waals surface area contributed by atoms with Crippen LogP contribution in [-0.2, 0) is 9.53 Å². The van der Waals surface area contributed by atoms with E-state index in [0.29, 0.717) is 19.8 Å². The van der Waals surface area contributed by atoms with Crippen LogP contribution in [0.5, 0.6) is 0 Å². The van der Waals surface area contributed by atoms with Gasteiger partial charge in [0.2, 0.25) is 0 Å². The molecule has 0 aromatic rings. The molecule has 0 unspecified atom stereocenters. The van der Waals surface area contributed by atoms with Crippen molar-refractivity contribution in [2.75, 3.05) is 26.8 Å². The molecule has 0 bridgehead atoms. The summed E-state index contributed by atoms with van der Waals surface area (Å²) < 4.78 is 5.11. The van der Waals surface area contributed by atoms with Crippen molar-refractivity contribution >= 4 is 5.91 Å². The van der Waals surface area contributed by atoms with Crippen LogP contribution in [0.2, 0.25) is 0 Å². The van der Waals surface area contributed by atoms with Crippen LogP contribution in [0.1, 0.15) is 13.3 Å². The number of carbonyl (C=O) groups excluding carboxylic acids is 1. The molecular formula is C10H17N3O2. The smallest absolute Gasteiger partial charge is 0.263 e. The van der Waals surface area contributed by atoms with Crippen LogP contribution in [0.25, 0.3) is 0 Å². The van der Waals surface area contributed by atoms with E-state index in [4.69, 9.17) is 10.00 Å². The van der Waals surface area contributed by atoms with Gasteiger partial charge in [-0.05, 0) is 13.3 Å². The van der Waals surface area contributed by atoms with Crippen molar-refractivity contribution in [2.24, 2.45) is 0 Å². The zero-order chi connectivity index (χ0) is 11.5. The molecular weight excluding hydrogens is 194 g/mol. The highest BCUT2D eigenvalue weighted by atomic mass is 16.5. The summed E-state index contributed by atoms with van der Waals surface area (Å²) in [6.45, 7) is 3.73. The van der Waals surface area contributed by atoms with Crippen molar-refractivity contribution in [1.82, 2.24) is 10.6 Å². The third-order valence-electron chi connectivity index (χ3n) is 1.61. The van der Waals surface area contributed by atoms with Gasteiger partial charge in [0.05, 0.1) is 0 Å². The van der Waals surface area contributed by atoms with Gasteiger partial charge in [-0.1, -0.05) is 0 Å². The molecule has 0 radical (unpaired) electrons. The Kier molecular flexibility index (Phi) is 8.10. The largest absolute Gasteiger partial charge is 0.393 e. The predicted octanol–water partition coefficient (Wildman–Crippen LogP) is 0.156. The highest BCUT2D eigenvalue weighted by Gasteiger charge is 2.06. The molecule has 84 valence electrons. The number of nitrogens with zero attached hydrogens (tertiary/aromatic N) is 1. The van der Waals surface area contributed by atoms with E-state index in [1.54, 1.807) is 7.05 Å². The summed E-state index contributed by atoms with van der Waals surface area (Å²) in [5.74, 6) is -0.358. The fraction of sp³-hybridized carbons (Fsp3) is 0.600. The van der Waals surface area contributed by atoms with Crippen LogP contribution < -0.4 is 10.6 Å². The van der Waals surface area contributed by atoms with Crippen molar-refractivity contribution in [3.63, 3.8) is 0 Å². The predicted molar refractivity (Wildman–Crippen MR) is 56.9 cm³/mol. The van der Waals surface area contributed by atoms with Gasteiger partial charge < -0.3 is 15.4 Å². The SMILES string of the molecule is CCOCCCNC(=O)/C(C#N)=C\NC. The molecule has 0 aromatic heterocycles. The number of ether oxygens (including phenoxy) is 1. The molecule has 5 heteroatoms. The minimum absolute atomic E-state index is 0.0777. The summed E-state index contributed by atoms with van der Waals surface area (Å²) in [5, 5.41) is 13.9. The van der Waals surface area contributed by atoms with E-state index in [9.17, 15) is 4.79 Å². The zero-order valence-corrected chi connectivity index (χ0v) is 9.17. The van der Waals surface area contributed by atoms with Crippen molar-refractivity contribution in [3.05, 3.63) is 11.8 Å². The standard InChI is InChI=1S/C10H17N3O2/c1-3-15-6-4-5-13-10(14)9(7-11)8-12-2/h8,12H,3-6H2,1-2H3,(H,13,14)/b9-8-. The lowest BCUT2D eigenvalue weighted by Crippen LogP contribution is -2.27. The maximum Gasteiger partial charge on any atom is 0.263 e. The quantitative estimate of drug-likeness (QED) is 0.357. The molecule has 0 fully saturated rings. The highest BCUT2D eigenvalue weighted by Crippen LogP contribution is 1.90. The summed E-state index contributed by atoms with van der Waals surface area (Å²) in [7, 11) is 1.64. The van der Waals surface area contributed by atoms with Gasteiger partial charge in [0.1, 0.15) is 11.6 Å². The Bertz CT molecular complexity index is 256. The van der Waals surface area contributed by atoms with E-state index < -0.39 is 0 Å². The molecule has 1 amide bonds. The fourth-order valence-corrected chi connectivity index (χ4v) is 0.909. The number of hydrogen-bond acceptors (Lipinski definition) is 4. The van der Waals surface area contributed by atoms with Crippen LogP contribution >= 0.6 is 0 Å². The minimum atomic E-state index is -0.358. The van der Waals surface area contributed by atoms with Crippen LogP contribution in [0.3, 0.4) is 0 Å². The Morgan fingerprint density at radius 2 is 2.33 bits per heavy atom. The van der Waals surface area contributed by atoms with E-state index in [2.05, 4.69) is 10.6 Å². The van der Waals surface area contributed by atoms with Crippen LogP contribution in [0, 0.1) is 11.3 Å². The second kappa shape index (κ2) is 9.03. The number of carbonyl (C=O) groups is 1. The monoisotopic (exact) mass is 211 g/mol.